The SMILES string of the molecule is COc1cc(/C=C/C(=O)O)ccc1C(=O)CC(Cl)(Cl)Cl. The Labute approximate surface area is 130 Å². The highest BCUT2D eigenvalue weighted by Gasteiger charge is 2.26. The van der Waals surface area contributed by atoms with Crippen molar-refractivity contribution in [3.8, 4) is 5.75 Å². The van der Waals surface area contributed by atoms with Gasteiger partial charge in [0.05, 0.1) is 19.1 Å². The minimum absolute atomic E-state index is 0.270. The fourth-order valence-corrected chi connectivity index (χ4v) is 1.85. The predicted octanol–water partition coefficient (Wildman–Crippen LogP) is 3.74. The van der Waals surface area contributed by atoms with E-state index in [1.54, 1.807) is 6.07 Å². The van der Waals surface area contributed by atoms with Crippen molar-refractivity contribution in [1.29, 1.82) is 0 Å². The molecule has 0 aliphatic rings. The number of ketones is 1. The van der Waals surface area contributed by atoms with Crippen molar-refractivity contribution in [3.63, 3.8) is 0 Å². The van der Waals surface area contributed by atoms with Crippen LogP contribution in [0.3, 0.4) is 0 Å². The number of hydrogen-bond acceptors (Lipinski definition) is 3. The van der Waals surface area contributed by atoms with Gasteiger partial charge in [0.25, 0.3) is 0 Å². The zero-order valence-electron chi connectivity index (χ0n) is 10.4. The maximum absolute atomic E-state index is 12.0. The molecule has 0 saturated carbocycles. The van der Waals surface area contributed by atoms with Crippen LogP contribution in [-0.2, 0) is 4.79 Å². The molecule has 0 atom stereocenters. The summed E-state index contributed by atoms with van der Waals surface area (Å²) in [5.74, 6) is -1.16. The Hall–Kier alpha value is -1.23. The standard InChI is InChI=1S/C13H11Cl3O4/c1-20-11-6-8(3-5-12(18)19)2-4-9(11)10(17)7-13(14,15)16/h2-6H,7H2,1H3,(H,18,19)/b5-3+. The number of carbonyl (C=O) groups excluding carboxylic acids is 1. The van der Waals surface area contributed by atoms with Gasteiger partial charge in [-0.3, -0.25) is 4.79 Å². The highest BCUT2D eigenvalue weighted by atomic mass is 35.6. The smallest absolute Gasteiger partial charge is 0.328 e. The molecule has 7 heteroatoms. The lowest BCUT2D eigenvalue weighted by atomic mass is 10.0. The van der Waals surface area contributed by atoms with E-state index in [1.807, 2.05) is 0 Å². The number of carboxylic acid groups (broad SMARTS) is 1. The highest BCUT2D eigenvalue weighted by Crippen LogP contribution is 2.33. The fraction of sp³-hybridized carbons (Fsp3) is 0.231. The summed E-state index contributed by atoms with van der Waals surface area (Å²) < 4.78 is 3.42. The lowest BCUT2D eigenvalue weighted by Crippen LogP contribution is -2.12. The van der Waals surface area contributed by atoms with Gasteiger partial charge in [0.15, 0.2) is 9.58 Å². The first-order chi connectivity index (χ1) is 9.23. The molecule has 1 aromatic rings. The first kappa shape index (κ1) is 16.8. The van der Waals surface area contributed by atoms with Crippen molar-refractivity contribution in [2.75, 3.05) is 7.11 Å². The van der Waals surface area contributed by atoms with Gasteiger partial charge in [0, 0.05) is 6.08 Å². The molecule has 0 heterocycles. The second kappa shape index (κ2) is 6.97. The van der Waals surface area contributed by atoms with Crippen LogP contribution in [0, 0.1) is 0 Å². The van der Waals surface area contributed by atoms with Crippen molar-refractivity contribution in [2.24, 2.45) is 0 Å². The number of Topliss-reactive ketones (excluding diaryl/α,β-unsaturated/α-hetero) is 1. The van der Waals surface area contributed by atoms with E-state index in [0.29, 0.717) is 5.56 Å². The van der Waals surface area contributed by atoms with Crippen molar-refractivity contribution >= 4 is 52.6 Å². The molecule has 0 aliphatic heterocycles. The van der Waals surface area contributed by atoms with Crippen molar-refractivity contribution in [3.05, 3.63) is 35.4 Å². The van der Waals surface area contributed by atoms with Crippen molar-refractivity contribution < 1.29 is 19.4 Å². The summed E-state index contributed by atoms with van der Waals surface area (Å²) in [6.07, 6.45) is 2.09. The molecule has 0 radical (unpaired) electrons. The molecule has 108 valence electrons. The number of carboxylic acids is 1. The van der Waals surface area contributed by atoms with Gasteiger partial charge < -0.3 is 9.84 Å². The van der Waals surface area contributed by atoms with E-state index in [1.165, 1.54) is 25.3 Å². The molecule has 1 N–H and O–H groups in total. The monoisotopic (exact) mass is 336 g/mol. The Morgan fingerprint density at radius 2 is 2.00 bits per heavy atom. The topological polar surface area (TPSA) is 63.6 Å². The van der Waals surface area contributed by atoms with Gasteiger partial charge in [-0.1, -0.05) is 40.9 Å². The Balaban J connectivity index is 3.05. The molecule has 20 heavy (non-hydrogen) atoms. The van der Waals surface area contributed by atoms with Crippen LogP contribution in [-0.4, -0.2) is 27.8 Å². The van der Waals surface area contributed by atoms with Gasteiger partial charge in [-0.05, 0) is 23.8 Å². The Kier molecular flexibility index (Phi) is 5.87. The third kappa shape index (κ3) is 5.41. The van der Waals surface area contributed by atoms with Crippen LogP contribution in [0.4, 0.5) is 0 Å². The van der Waals surface area contributed by atoms with Gasteiger partial charge in [-0.25, -0.2) is 4.79 Å². The number of alkyl halides is 3. The van der Waals surface area contributed by atoms with Gasteiger partial charge in [0.1, 0.15) is 5.75 Å². The van der Waals surface area contributed by atoms with Crippen LogP contribution < -0.4 is 4.74 Å². The van der Waals surface area contributed by atoms with E-state index in [4.69, 9.17) is 44.6 Å². The molecular weight excluding hydrogens is 326 g/mol. The molecule has 0 amide bonds. The average molecular weight is 338 g/mol. The molecule has 0 saturated heterocycles. The number of carbonyl (C=O) groups is 2. The number of methoxy groups -OCH3 is 1. The van der Waals surface area contributed by atoms with Crippen LogP contribution in [0.15, 0.2) is 24.3 Å². The third-order valence-corrected chi connectivity index (χ3v) is 2.71. The number of benzene rings is 1. The van der Waals surface area contributed by atoms with E-state index in [0.717, 1.165) is 6.08 Å². The fourth-order valence-electron chi connectivity index (χ4n) is 1.49. The zero-order chi connectivity index (χ0) is 15.3. The second-order valence-electron chi connectivity index (χ2n) is 3.85. The van der Waals surface area contributed by atoms with E-state index in [9.17, 15) is 9.59 Å². The lowest BCUT2D eigenvalue weighted by Gasteiger charge is -2.12. The van der Waals surface area contributed by atoms with Crippen molar-refractivity contribution in [1.82, 2.24) is 0 Å². The highest BCUT2D eigenvalue weighted by molar-refractivity contribution is 6.68. The van der Waals surface area contributed by atoms with Gasteiger partial charge in [0.2, 0.25) is 0 Å². The molecule has 1 rings (SSSR count). The summed E-state index contributed by atoms with van der Waals surface area (Å²) >= 11 is 16.7. The van der Waals surface area contributed by atoms with Crippen LogP contribution in [0.1, 0.15) is 22.3 Å². The number of rotatable bonds is 5. The predicted molar refractivity (Wildman–Crippen MR) is 78.9 cm³/mol. The van der Waals surface area contributed by atoms with E-state index < -0.39 is 9.76 Å². The van der Waals surface area contributed by atoms with Crippen LogP contribution in [0.2, 0.25) is 0 Å². The summed E-state index contributed by atoms with van der Waals surface area (Å²) in [5, 5.41) is 8.56. The molecule has 0 aromatic heterocycles. The Bertz CT molecular complexity index is 547. The first-order valence-electron chi connectivity index (χ1n) is 5.42. The van der Waals surface area contributed by atoms with Crippen LogP contribution >= 0.6 is 34.8 Å². The third-order valence-electron chi connectivity index (χ3n) is 2.31. The summed E-state index contributed by atoms with van der Waals surface area (Å²) in [6.45, 7) is 0. The maximum atomic E-state index is 12.0. The molecule has 0 fully saturated rings. The molecule has 0 spiro atoms. The summed E-state index contributed by atoms with van der Waals surface area (Å²) in [4.78, 5) is 22.4. The van der Waals surface area contributed by atoms with Gasteiger partial charge >= 0.3 is 5.97 Å². The van der Waals surface area contributed by atoms with Gasteiger partial charge in [-0.2, -0.15) is 0 Å². The minimum atomic E-state index is -1.68. The number of aliphatic carboxylic acids is 1. The minimum Gasteiger partial charge on any atom is -0.496 e. The second-order valence-corrected chi connectivity index (χ2v) is 6.36. The largest absolute Gasteiger partial charge is 0.496 e. The summed E-state index contributed by atoms with van der Waals surface area (Å²) in [6, 6.07) is 4.61. The number of hydrogen-bond donors (Lipinski definition) is 1. The molecule has 0 aliphatic carbocycles. The Morgan fingerprint density at radius 3 is 2.50 bits per heavy atom. The normalized spacial score (nSPS) is 11.6. The Morgan fingerprint density at radius 1 is 1.35 bits per heavy atom. The summed E-state index contributed by atoms with van der Waals surface area (Å²) in [5.41, 5.74) is 0.848. The van der Waals surface area contributed by atoms with E-state index in [-0.39, 0.29) is 23.5 Å². The lowest BCUT2D eigenvalue weighted by molar-refractivity contribution is -0.131. The number of ether oxygens (including phenoxy) is 1. The van der Waals surface area contributed by atoms with Crippen LogP contribution in [0.5, 0.6) is 5.75 Å². The van der Waals surface area contributed by atoms with Crippen LogP contribution in [0.25, 0.3) is 6.08 Å². The quantitative estimate of drug-likeness (QED) is 0.505. The van der Waals surface area contributed by atoms with Gasteiger partial charge in [-0.15, -0.1) is 0 Å². The summed E-state index contributed by atoms with van der Waals surface area (Å²) in [7, 11) is 1.39. The van der Waals surface area contributed by atoms with E-state index in [2.05, 4.69) is 0 Å². The molecule has 4 nitrogen and oxygen atoms in total. The maximum Gasteiger partial charge on any atom is 0.328 e. The zero-order valence-corrected chi connectivity index (χ0v) is 12.7. The molecule has 0 unspecified atom stereocenters. The van der Waals surface area contributed by atoms with Crippen molar-refractivity contribution in [2.45, 2.75) is 10.2 Å². The van der Waals surface area contributed by atoms with E-state index >= 15 is 0 Å². The molecule has 0 bridgehead atoms. The first-order valence-corrected chi connectivity index (χ1v) is 6.55. The molecular formula is C13H11Cl3O4. The molecule has 1 aromatic carbocycles. The average Bonchev–Trinajstić information content (AvgIpc) is 2.33. The number of halogens is 3.